The van der Waals surface area contributed by atoms with Crippen LogP contribution in [0.15, 0.2) is 42.5 Å². The molecule has 0 unspecified atom stereocenters. The van der Waals surface area contributed by atoms with Gasteiger partial charge >= 0.3 is 0 Å². The molecule has 8 heteroatoms. The topological polar surface area (TPSA) is 87.2 Å². The van der Waals surface area contributed by atoms with Crippen molar-refractivity contribution in [1.29, 1.82) is 5.26 Å². The van der Waals surface area contributed by atoms with Gasteiger partial charge in [-0.3, -0.25) is 14.9 Å². The Morgan fingerprint density at radius 1 is 1.27 bits per heavy atom. The summed E-state index contributed by atoms with van der Waals surface area (Å²) in [7, 11) is 0. The number of halogens is 2. The lowest BCUT2D eigenvalue weighted by Gasteiger charge is -2.15. The summed E-state index contributed by atoms with van der Waals surface area (Å²) in [6.45, 7) is 0.440. The molecule has 0 N–H and O–H groups in total. The minimum Gasteiger partial charge on any atom is -0.307 e. The monoisotopic (exact) mass is 431 g/mol. The Kier molecular flexibility index (Phi) is 5.07. The summed E-state index contributed by atoms with van der Waals surface area (Å²) in [4.78, 5) is 24.8. The molecule has 0 bridgehead atoms. The van der Waals surface area contributed by atoms with Crippen molar-refractivity contribution < 1.29 is 9.72 Å². The number of anilines is 1. The standard InChI is InChI=1S/C18H11BrClN3O3/c19-7-8-22-16-6-3-12(20)9-14(16)17(18(22)24)15(10-21)11-1-4-13(5-2-11)23(25)26/h1-6,9H,7-8H2/b17-15-. The Balaban J connectivity index is 2.21. The number of allylic oxidation sites excluding steroid dienone is 1. The fraction of sp³-hybridized carbons (Fsp3) is 0.111. The van der Waals surface area contributed by atoms with Gasteiger partial charge < -0.3 is 4.90 Å². The average Bonchev–Trinajstić information content (AvgIpc) is 2.89. The van der Waals surface area contributed by atoms with E-state index in [0.29, 0.717) is 33.7 Å². The van der Waals surface area contributed by atoms with Gasteiger partial charge in [0, 0.05) is 34.6 Å². The van der Waals surface area contributed by atoms with Crippen LogP contribution in [0.2, 0.25) is 5.02 Å². The number of alkyl halides is 1. The van der Waals surface area contributed by atoms with Gasteiger partial charge in [0.05, 0.1) is 21.8 Å². The predicted molar refractivity (Wildman–Crippen MR) is 103 cm³/mol. The average molecular weight is 433 g/mol. The van der Waals surface area contributed by atoms with E-state index in [-0.39, 0.29) is 22.7 Å². The van der Waals surface area contributed by atoms with Crippen molar-refractivity contribution in [1.82, 2.24) is 0 Å². The third-order valence-electron chi connectivity index (χ3n) is 4.01. The molecule has 6 nitrogen and oxygen atoms in total. The number of nitro benzene ring substituents is 1. The number of hydrogen-bond donors (Lipinski definition) is 0. The molecule has 1 aliphatic heterocycles. The molecule has 130 valence electrons. The number of amides is 1. The highest BCUT2D eigenvalue weighted by Crippen LogP contribution is 2.42. The molecule has 26 heavy (non-hydrogen) atoms. The van der Waals surface area contributed by atoms with E-state index in [9.17, 15) is 20.2 Å². The molecule has 2 aromatic rings. The summed E-state index contributed by atoms with van der Waals surface area (Å²) in [6.07, 6.45) is 0. The molecule has 2 aromatic carbocycles. The van der Waals surface area contributed by atoms with Crippen LogP contribution in [-0.2, 0) is 4.79 Å². The number of fused-ring (bicyclic) bond motifs is 1. The second kappa shape index (κ2) is 7.28. The molecule has 1 aliphatic rings. The quantitative estimate of drug-likeness (QED) is 0.235. The SMILES string of the molecule is N#C/C(=C1/C(=O)N(CCBr)c2ccc(Cl)cc21)c1ccc([N+](=O)[O-])cc1. The van der Waals surface area contributed by atoms with Crippen molar-refractivity contribution >= 4 is 56.0 Å². The molecule has 0 fully saturated rings. The molecule has 3 rings (SSSR count). The molecule has 0 saturated heterocycles. The molecule has 0 radical (unpaired) electrons. The maximum atomic E-state index is 13.0. The van der Waals surface area contributed by atoms with Crippen molar-refractivity contribution in [2.75, 3.05) is 16.8 Å². The molecular weight excluding hydrogens is 422 g/mol. The number of nitriles is 1. The maximum Gasteiger partial charge on any atom is 0.269 e. The summed E-state index contributed by atoms with van der Waals surface area (Å²) in [5.41, 5.74) is 2.03. The van der Waals surface area contributed by atoms with Gasteiger partial charge in [0.2, 0.25) is 0 Å². The lowest BCUT2D eigenvalue weighted by atomic mass is 9.96. The zero-order valence-electron chi connectivity index (χ0n) is 13.3. The fourth-order valence-electron chi connectivity index (χ4n) is 2.87. The minimum absolute atomic E-state index is 0.0850. The molecule has 0 atom stereocenters. The van der Waals surface area contributed by atoms with E-state index in [2.05, 4.69) is 22.0 Å². The van der Waals surface area contributed by atoms with Gasteiger partial charge in [-0.1, -0.05) is 27.5 Å². The van der Waals surface area contributed by atoms with Crippen molar-refractivity contribution in [2.24, 2.45) is 0 Å². The maximum absolute atomic E-state index is 13.0. The number of benzene rings is 2. The number of nitro groups is 1. The van der Waals surface area contributed by atoms with Crippen LogP contribution < -0.4 is 4.90 Å². The van der Waals surface area contributed by atoms with Crippen LogP contribution in [0.1, 0.15) is 11.1 Å². The zero-order chi connectivity index (χ0) is 18.8. The number of rotatable bonds is 4. The van der Waals surface area contributed by atoms with E-state index >= 15 is 0 Å². The molecule has 1 heterocycles. The number of non-ortho nitro benzene ring substituents is 1. The van der Waals surface area contributed by atoms with Gasteiger partial charge in [-0.15, -0.1) is 0 Å². The largest absolute Gasteiger partial charge is 0.307 e. The summed E-state index contributed by atoms with van der Waals surface area (Å²) < 4.78 is 0. The Morgan fingerprint density at radius 3 is 2.54 bits per heavy atom. The number of carbonyl (C=O) groups excluding carboxylic acids is 1. The summed E-state index contributed by atoms with van der Waals surface area (Å²) in [5, 5.41) is 21.5. The van der Waals surface area contributed by atoms with Gasteiger partial charge in [-0.05, 0) is 35.9 Å². The van der Waals surface area contributed by atoms with Crippen LogP contribution in [0.3, 0.4) is 0 Å². The van der Waals surface area contributed by atoms with Crippen LogP contribution in [-0.4, -0.2) is 22.7 Å². The van der Waals surface area contributed by atoms with Crippen LogP contribution in [0, 0.1) is 21.4 Å². The first-order valence-electron chi connectivity index (χ1n) is 7.55. The van der Waals surface area contributed by atoms with Crippen molar-refractivity contribution in [3.05, 3.63) is 68.7 Å². The highest BCUT2D eigenvalue weighted by Gasteiger charge is 2.35. The van der Waals surface area contributed by atoms with E-state index in [0.717, 1.165) is 0 Å². The first kappa shape index (κ1) is 18.1. The highest BCUT2D eigenvalue weighted by molar-refractivity contribution is 9.09. The zero-order valence-corrected chi connectivity index (χ0v) is 15.6. The number of hydrogen-bond acceptors (Lipinski definition) is 4. The molecule has 0 spiro atoms. The van der Waals surface area contributed by atoms with Crippen LogP contribution >= 0.6 is 27.5 Å². The highest BCUT2D eigenvalue weighted by atomic mass is 79.9. The van der Waals surface area contributed by atoms with Gasteiger partial charge in [-0.2, -0.15) is 5.26 Å². The lowest BCUT2D eigenvalue weighted by molar-refractivity contribution is -0.384. The Morgan fingerprint density at radius 2 is 1.96 bits per heavy atom. The smallest absolute Gasteiger partial charge is 0.269 e. The van der Waals surface area contributed by atoms with Gasteiger partial charge in [0.1, 0.15) is 6.07 Å². The van der Waals surface area contributed by atoms with Gasteiger partial charge in [0.15, 0.2) is 0 Å². The van der Waals surface area contributed by atoms with Gasteiger partial charge in [-0.25, -0.2) is 0 Å². The minimum atomic E-state index is -0.517. The van der Waals surface area contributed by atoms with Crippen molar-refractivity contribution in [3.8, 4) is 6.07 Å². The molecular formula is C18H11BrClN3O3. The molecule has 1 amide bonds. The third kappa shape index (κ3) is 3.09. The second-order valence-electron chi connectivity index (χ2n) is 5.47. The van der Waals surface area contributed by atoms with E-state index in [1.165, 1.54) is 24.3 Å². The van der Waals surface area contributed by atoms with Crippen molar-refractivity contribution in [2.45, 2.75) is 0 Å². The summed E-state index contributed by atoms with van der Waals surface area (Å²) in [5.74, 6) is -0.295. The van der Waals surface area contributed by atoms with E-state index in [4.69, 9.17) is 11.6 Å². The Hall–Kier alpha value is -2.69. The van der Waals surface area contributed by atoms with Crippen LogP contribution in [0.5, 0.6) is 0 Å². The number of carbonyl (C=O) groups is 1. The van der Waals surface area contributed by atoms with Crippen LogP contribution in [0.25, 0.3) is 11.1 Å². The predicted octanol–water partition coefficient (Wildman–Crippen LogP) is 4.42. The molecule has 0 saturated carbocycles. The summed E-state index contributed by atoms with van der Waals surface area (Å²) in [6, 6.07) is 12.7. The van der Waals surface area contributed by atoms with E-state index < -0.39 is 4.92 Å². The Labute approximate surface area is 162 Å². The lowest BCUT2D eigenvalue weighted by Crippen LogP contribution is -2.28. The number of nitrogens with zero attached hydrogens (tertiary/aromatic N) is 3. The Bertz CT molecular complexity index is 980. The van der Waals surface area contributed by atoms with Crippen molar-refractivity contribution in [3.63, 3.8) is 0 Å². The van der Waals surface area contributed by atoms with E-state index in [1.54, 1.807) is 23.1 Å². The van der Waals surface area contributed by atoms with E-state index in [1.807, 2.05) is 0 Å². The van der Waals surface area contributed by atoms with Crippen LogP contribution in [0.4, 0.5) is 11.4 Å². The fourth-order valence-corrected chi connectivity index (χ4v) is 3.39. The van der Waals surface area contributed by atoms with Gasteiger partial charge in [0.25, 0.3) is 11.6 Å². The first-order chi connectivity index (χ1) is 12.5. The summed E-state index contributed by atoms with van der Waals surface area (Å²) >= 11 is 9.42. The second-order valence-corrected chi connectivity index (χ2v) is 6.70. The normalized spacial score (nSPS) is 14.8. The third-order valence-corrected chi connectivity index (χ3v) is 4.60. The molecule has 0 aliphatic carbocycles. The first-order valence-corrected chi connectivity index (χ1v) is 9.05. The molecule has 0 aromatic heterocycles.